The minimum atomic E-state index is -2.47. The van der Waals surface area contributed by atoms with Crippen molar-refractivity contribution in [3.63, 3.8) is 0 Å². The first kappa shape index (κ1) is 10.9. The number of likely N-dealkylation sites (N-methyl/N-ethyl adjacent to an activating group) is 2. The molecule has 1 aliphatic carbocycles. The second-order valence-electron chi connectivity index (χ2n) is 4.02. The van der Waals surface area contributed by atoms with Gasteiger partial charge in [0.25, 0.3) is 0 Å². The molecule has 2 atom stereocenters. The van der Waals surface area contributed by atoms with Gasteiger partial charge in [0, 0.05) is 24.9 Å². The average Bonchev–Trinajstić information content (AvgIpc) is 2.03. The van der Waals surface area contributed by atoms with Crippen LogP contribution in [0, 0.1) is 0 Å². The number of nitrogens with one attached hydrogen (secondary N) is 1. The highest BCUT2D eigenvalue weighted by Crippen LogP contribution is 2.34. The van der Waals surface area contributed by atoms with Gasteiger partial charge in [0.15, 0.2) is 0 Å². The van der Waals surface area contributed by atoms with Crippen molar-refractivity contribution in [3.05, 3.63) is 0 Å². The molecular weight excluding hydrogens is 174 g/mol. The number of rotatable bonds is 2. The predicted molar refractivity (Wildman–Crippen MR) is 49.1 cm³/mol. The van der Waals surface area contributed by atoms with E-state index in [-0.39, 0.29) is 24.9 Å². The van der Waals surface area contributed by atoms with Crippen LogP contribution >= 0.6 is 0 Å². The first-order valence-corrected chi connectivity index (χ1v) is 4.68. The van der Waals surface area contributed by atoms with Crippen molar-refractivity contribution in [3.8, 4) is 0 Å². The molecule has 2 nitrogen and oxygen atoms in total. The van der Waals surface area contributed by atoms with Gasteiger partial charge >= 0.3 is 0 Å². The third kappa shape index (κ3) is 2.61. The standard InChI is InChI=1S/C9H18F2N2/c1-12-7-4-5-9(10,11)6-8(7)13(2)3/h7-8,12H,4-6H2,1-3H3/t7-,8-/m1/s1. The zero-order valence-corrected chi connectivity index (χ0v) is 8.48. The SMILES string of the molecule is CN[C@@H]1CCC(F)(F)C[C@H]1N(C)C. The Morgan fingerprint density at radius 3 is 2.46 bits per heavy atom. The molecule has 0 aromatic heterocycles. The van der Waals surface area contributed by atoms with E-state index in [1.54, 1.807) is 0 Å². The summed E-state index contributed by atoms with van der Waals surface area (Å²) in [6.07, 6.45) is 0.556. The molecule has 4 heteroatoms. The molecule has 0 radical (unpaired) electrons. The molecule has 1 N–H and O–H groups in total. The Hall–Kier alpha value is -0.220. The Balaban J connectivity index is 2.63. The summed E-state index contributed by atoms with van der Waals surface area (Å²) in [5, 5.41) is 3.10. The molecule has 0 bridgehead atoms. The lowest BCUT2D eigenvalue weighted by Crippen LogP contribution is -2.52. The van der Waals surface area contributed by atoms with Gasteiger partial charge in [0.05, 0.1) is 0 Å². The lowest BCUT2D eigenvalue weighted by molar-refractivity contribution is -0.0661. The van der Waals surface area contributed by atoms with E-state index in [1.165, 1.54) is 0 Å². The molecule has 0 aromatic rings. The summed E-state index contributed by atoms with van der Waals surface area (Å²) in [5.74, 6) is -2.47. The number of hydrogen-bond acceptors (Lipinski definition) is 2. The van der Waals surface area contributed by atoms with E-state index in [0.29, 0.717) is 6.42 Å². The number of halogens is 2. The monoisotopic (exact) mass is 192 g/mol. The maximum atomic E-state index is 13.1. The van der Waals surface area contributed by atoms with E-state index in [4.69, 9.17) is 0 Å². The van der Waals surface area contributed by atoms with Gasteiger partial charge in [-0.2, -0.15) is 0 Å². The van der Waals surface area contributed by atoms with Crippen LogP contribution in [0.4, 0.5) is 8.78 Å². The van der Waals surface area contributed by atoms with Gasteiger partial charge < -0.3 is 10.2 Å². The van der Waals surface area contributed by atoms with Gasteiger partial charge in [-0.1, -0.05) is 0 Å². The summed E-state index contributed by atoms with van der Waals surface area (Å²) in [4.78, 5) is 1.88. The maximum absolute atomic E-state index is 13.1. The van der Waals surface area contributed by atoms with E-state index >= 15 is 0 Å². The van der Waals surface area contributed by atoms with Crippen LogP contribution < -0.4 is 5.32 Å². The molecule has 1 aliphatic rings. The first-order chi connectivity index (χ1) is 5.96. The maximum Gasteiger partial charge on any atom is 0.249 e. The second-order valence-corrected chi connectivity index (χ2v) is 4.02. The summed E-state index contributed by atoms with van der Waals surface area (Å²) >= 11 is 0. The van der Waals surface area contributed by atoms with E-state index in [0.717, 1.165) is 0 Å². The molecule has 0 amide bonds. The minimum absolute atomic E-state index is 0.0167. The predicted octanol–water partition coefficient (Wildman–Crippen LogP) is 1.32. The van der Waals surface area contributed by atoms with E-state index in [9.17, 15) is 8.78 Å². The molecule has 0 saturated heterocycles. The van der Waals surface area contributed by atoms with Crippen molar-refractivity contribution in [2.24, 2.45) is 0 Å². The molecule has 1 saturated carbocycles. The molecule has 0 spiro atoms. The quantitative estimate of drug-likeness (QED) is 0.710. The minimum Gasteiger partial charge on any atom is -0.315 e. The van der Waals surface area contributed by atoms with Crippen LogP contribution in [0.15, 0.2) is 0 Å². The van der Waals surface area contributed by atoms with Crippen LogP contribution in [0.25, 0.3) is 0 Å². The van der Waals surface area contributed by atoms with E-state index in [1.807, 2.05) is 26.0 Å². The van der Waals surface area contributed by atoms with Crippen LogP contribution in [0.5, 0.6) is 0 Å². The van der Waals surface area contributed by atoms with Gasteiger partial charge in [-0.15, -0.1) is 0 Å². The Morgan fingerprint density at radius 2 is 2.00 bits per heavy atom. The second kappa shape index (κ2) is 3.88. The molecule has 78 valence electrons. The van der Waals surface area contributed by atoms with Crippen molar-refractivity contribution in [2.75, 3.05) is 21.1 Å². The summed E-state index contributed by atoms with van der Waals surface area (Å²) in [6.45, 7) is 0. The molecular formula is C9H18F2N2. The number of hydrogen-bond donors (Lipinski definition) is 1. The molecule has 13 heavy (non-hydrogen) atoms. The Kier molecular flexibility index (Phi) is 3.24. The van der Waals surface area contributed by atoms with Crippen molar-refractivity contribution in [1.29, 1.82) is 0 Å². The highest BCUT2D eigenvalue weighted by molar-refractivity contribution is 4.92. The third-order valence-corrected chi connectivity index (χ3v) is 2.83. The Labute approximate surface area is 78.3 Å². The fourth-order valence-corrected chi connectivity index (χ4v) is 1.99. The zero-order valence-electron chi connectivity index (χ0n) is 8.48. The van der Waals surface area contributed by atoms with Crippen LogP contribution in [0.3, 0.4) is 0 Å². The Bertz CT molecular complexity index is 171. The van der Waals surface area contributed by atoms with Gasteiger partial charge in [-0.25, -0.2) is 8.78 Å². The van der Waals surface area contributed by atoms with Gasteiger partial charge in [0.1, 0.15) is 0 Å². The average molecular weight is 192 g/mol. The Morgan fingerprint density at radius 1 is 1.38 bits per heavy atom. The molecule has 1 rings (SSSR count). The van der Waals surface area contributed by atoms with Gasteiger partial charge in [-0.05, 0) is 27.6 Å². The fourth-order valence-electron chi connectivity index (χ4n) is 1.99. The smallest absolute Gasteiger partial charge is 0.249 e. The third-order valence-electron chi connectivity index (χ3n) is 2.83. The van der Waals surface area contributed by atoms with Crippen molar-refractivity contribution < 1.29 is 8.78 Å². The first-order valence-electron chi connectivity index (χ1n) is 4.68. The number of nitrogens with zero attached hydrogens (tertiary/aromatic N) is 1. The van der Waals surface area contributed by atoms with Crippen molar-refractivity contribution >= 4 is 0 Å². The lowest BCUT2D eigenvalue weighted by Gasteiger charge is -2.39. The molecule has 0 aliphatic heterocycles. The fraction of sp³-hybridized carbons (Fsp3) is 1.00. The van der Waals surface area contributed by atoms with Crippen LogP contribution in [0.1, 0.15) is 19.3 Å². The number of alkyl halides is 2. The highest BCUT2D eigenvalue weighted by Gasteiger charge is 2.41. The van der Waals surface area contributed by atoms with Crippen LogP contribution in [-0.4, -0.2) is 44.0 Å². The lowest BCUT2D eigenvalue weighted by atomic mass is 9.87. The van der Waals surface area contributed by atoms with Gasteiger partial charge in [0.2, 0.25) is 5.92 Å². The summed E-state index contributed by atoms with van der Waals surface area (Å²) in [5.41, 5.74) is 0. The summed E-state index contributed by atoms with van der Waals surface area (Å²) < 4.78 is 26.1. The molecule has 0 heterocycles. The van der Waals surface area contributed by atoms with Crippen LogP contribution in [0.2, 0.25) is 0 Å². The summed E-state index contributed by atoms with van der Waals surface area (Å²) in [6, 6.07) is 0.156. The van der Waals surface area contributed by atoms with Crippen molar-refractivity contribution in [1.82, 2.24) is 10.2 Å². The van der Waals surface area contributed by atoms with E-state index < -0.39 is 5.92 Å². The van der Waals surface area contributed by atoms with Crippen molar-refractivity contribution in [2.45, 2.75) is 37.3 Å². The summed E-state index contributed by atoms with van der Waals surface area (Å²) in [7, 11) is 5.55. The molecule has 0 unspecified atom stereocenters. The van der Waals surface area contributed by atoms with Crippen LogP contribution in [-0.2, 0) is 0 Å². The normalized spacial score (nSPS) is 33.7. The zero-order chi connectivity index (χ0) is 10.1. The highest BCUT2D eigenvalue weighted by atomic mass is 19.3. The molecule has 1 fully saturated rings. The topological polar surface area (TPSA) is 15.3 Å². The van der Waals surface area contributed by atoms with E-state index in [2.05, 4.69) is 5.32 Å². The van der Waals surface area contributed by atoms with Gasteiger partial charge in [-0.3, -0.25) is 0 Å². The largest absolute Gasteiger partial charge is 0.315 e. The molecule has 0 aromatic carbocycles.